The van der Waals surface area contributed by atoms with Crippen molar-refractivity contribution >= 4 is 40.2 Å². The molecule has 0 saturated carbocycles. The number of nitro benzene ring substituents is 1. The van der Waals surface area contributed by atoms with E-state index >= 15 is 0 Å². The predicted octanol–water partition coefficient (Wildman–Crippen LogP) is 4.98. The maximum atomic E-state index is 10.9. The summed E-state index contributed by atoms with van der Waals surface area (Å²) in [4.78, 5) is 14.9. The van der Waals surface area contributed by atoms with Gasteiger partial charge in [-0.15, -0.1) is 0 Å². The average Bonchev–Trinajstić information content (AvgIpc) is 2.65. The molecule has 0 N–H and O–H groups in total. The Bertz CT molecular complexity index is 1020. The van der Waals surface area contributed by atoms with Crippen molar-refractivity contribution in [1.29, 1.82) is 0 Å². The molecule has 0 aliphatic rings. The molecule has 0 unspecified atom stereocenters. The van der Waals surface area contributed by atoms with Crippen molar-refractivity contribution in [2.75, 3.05) is 14.2 Å². The third-order valence-electron chi connectivity index (χ3n) is 3.93. The summed E-state index contributed by atoms with van der Waals surface area (Å²) >= 11 is 6.14. The molecular weight excluding hydrogens is 356 g/mol. The van der Waals surface area contributed by atoms with Gasteiger partial charge in [0.05, 0.1) is 24.8 Å². The Morgan fingerprint density at radius 1 is 1.08 bits per heavy atom. The Morgan fingerprint density at radius 3 is 2.58 bits per heavy atom. The lowest BCUT2D eigenvalue weighted by molar-refractivity contribution is -0.384. The zero-order valence-electron chi connectivity index (χ0n) is 14.1. The zero-order valence-corrected chi connectivity index (χ0v) is 14.9. The molecular formula is C19H15ClN2O4. The fourth-order valence-electron chi connectivity index (χ4n) is 2.68. The number of non-ortho nitro benzene ring substituents is 1. The molecule has 0 atom stereocenters. The lowest BCUT2D eigenvalue weighted by atomic mass is 10.1. The Hall–Kier alpha value is -3.12. The number of ether oxygens (including phenoxy) is 2. The Labute approximate surface area is 154 Å². The molecule has 3 rings (SSSR count). The second-order valence-corrected chi connectivity index (χ2v) is 5.80. The molecule has 1 heterocycles. The molecule has 3 aromatic rings. The maximum Gasteiger partial charge on any atom is 0.270 e. The highest BCUT2D eigenvalue weighted by Crippen LogP contribution is 2.36. The zero-order chi connectivity index (χ0) is 18.7. The van der Waals surface area contributed by atoms with E-state index in [-0.39, 0.29) is 5.69 Å². The molecule has 132 valence electrons. The van der Waals surface area contributed by atoms with Crippen molar-refractivity contribution in [3.05, 3.63) is 69.0 Å². The van der Waals surface area contributed by atoms with Gasteiger partial charge in [0, 0.05) is 34.1 Å². The van der Waals surface area contributed by atoms with Crippen LogP contribution in [0.4, 0.5) is 5.69 Å². The van der Waals surface area contributed by atoms with Gasteiger partial charge in [0.15, 0.2) is 11.5 Å². The summed E-state index contributed by atoms with van der Waals surface area (Å²) < 4.78 is 10.8. The monoisotopic (exact) mass is 370 g/mol. The van der Waals surface area contributed by atoms with Crippen molar-refractivity contribution in [3.63, 3.8) is 0 Å². The van der Waals surface area contributed by atoms with Gasteiger partial charge in [-0.05, 0) is 35.9 Å². The van der Waals surface area contributed by atoms with Gasteiger partial charge in [-0.3, -0.25) is 15.1 Å². The van der Waals surface area contributed by atoms with E-state index < -0.39 is 4.92 Å². The van der Waals surface area contributed by atoms with Gasteiger partial charge in [-0.25, -0.2) is 0 Å². The molecule has 0 aliphatic heterocycles. The van der Waals surface area contributed by atoms with Crippen LogP contribution in [0.3, 0.4) is 0 Å². The summed E-state index contributed by atoms with van der Waals surface area (Å²) in [5.74, 6) is 1.25. The lowest BCUT2D eigenvalue weighted by Gasteiger charge is -2.11. The number of halogens is 1. The quantitative estimate of drug-likeness (QED) is 0.467. The van der Waals surface area contributed by atoms with Crippen molar-refractivity contribution < 1.29 is 14.4 Å². The van der Waals surface area contributed by atoms with Crippen LogP contribution in [0.1, 0.15) is 11.3 Å². The highest BCUT2D eigenvalue weighted by atomic mass is 35.5. The van der Waals surface area contributed by atoms with Gasteiger partial charge in [-0.1, -0.05) is 17.7 Å². The minimum absolute atomic E-state index is 0.0219. The van der Waals surface area contributed by atoms with Crippen LogP contribution in [0.2, 0.25) is 5.02 Å². The van der Waals surface area contributed by atoms with E-state index in [9.17, 15) is 10.1 Å². The van der Waals surface area contributed by atoms with E-state index in [0.717, 1.165) is 10.8 Å². The van der Waals surface area contributed by atoms with Crippen LogP contribution in [-0.2, 0) is 0 Å². The molecule has 26 heavy (non-hydrogen) atoms. The predicted molar refractivity (Wildman–Crippen MR) is 102 cm³/mol. The fraction of sp³-hybridized carbons (Fsp3) is 0.105. The van der Waals surface area contributed by atoms with Crippen molar-refractivity contribution in [2.24, 2.45) is 0 Å². The minimum atomic E-state index is -0.457. The Balaban J connectivity index is 2.08. The summed E-state index contributed by atoms with van der Waals surface area (Å²) in [7, 11) is 3.16. The van der Waals surface area contributed by atoms with Gasteiger partial charge in [0.1, 0.15) is 0 Å². The summed E-state index contributed by atoms with van der Waals surface area (Å²) in [6, 6.07) is 9.83. The van der Waals surface area contributed by atoms with Gasteiger partial charge in [0.2, 0.25) is 0 Å². The lowest BCUT2D eigenvalue weighted by Crippen LogP contribution is -1.93. The largest absolute Gasteiger partial charge is 0.493 e. The summed E-state index contributed by atoms with van der Waals surface area (Å²) in [5, 5.41) is 13.1. The molecule has 0 saturated heterocycles. The Morgan fingerprint density at radius 2 is 1.88 bits per heavy atom. The third kappa shape index (κ3) is 3.32. The third-order valence-corrected chi connectivity index (χ3v) is 4.27. The molecule has 0 radical (unpaired) electrons. The van der Waals surface area contributed by atoms with Crippen LogP contribution >= 0.6 is 11.6 Å². The van der Waals surface area contributed by atoms with E-state index in [4.69, 9.17) is 21.1 Å². The SMILES string of the molecule is COc1ccc2c(/C=C\c3cc([N+](=O)[O-])ccc3Cl)nccc2c1OC. The first-order chi connectivity index (χ1) is 12.5. The van der Waals surface area contributed by atoms with E-state index in [1.165, 1.54) is 18.2 Å². The van der Waals surface area contributed by atoms with Gasteiger partial charge >= 0.3 is 0 Å². The van der Waals surface area contributed by atoms with Crippen LogP contribution in [-0.4, -0.2) is 24.1 Å². The molecule has 0 fully saturated rings. The van der Waals surface area contributed by atoms with E-state index in [1.807, 2.05) is 12.1 Å². The molecule has 6 nitrogen and oxygen atoms in total. The number of rotatable bonds is 5. The van der Waals surface area contributed by atoms with Crippen LogP contribution in [0.15, 0.2) is 42.6 Å². The number of fused-ring (bicyclic) bond motifs is 1. The van der Waals surface area contributed by atoms with Crippen molar-refractivity contribution in [3.8, 4) is 11.5 Å². The van der Waals surface area contributed by atoms with Crippen LogP contribution in [0.5, 0.6) is 11.5 Å². The molecule has 1 aromatic heterocycles. The standard InChI is InChI=1S/C19H15ClN2O4/c1-25-18-8-5-14-15(19(18)26-2)9-10-21-17(14)7-3-12-11-13(22(23)24)4-6-16(12)20/h3-11H,1-2H3/b7-3-. The van der Waals surface area contributed by atoms with E-state index in [0.29, 0.717) is 27.8 Å². The molecule has 0 amide bonds. The number of nitro groups is 1. The number of benzene rings is 2. The number of hydrogen-bond donors (Lipinski definition) is 0. The van der Waals surface area contributed by atoms with Crippen LogP contribution < -0.4 is 9.47 Å². The van der Waals surface area contributed by atoms with Gasteiger partial charge < -0.3 is 9.47 Å². The molecule has 2 aromatic carbocycles. The fourth-order valence-corrected chi connectivity index (χ4v) is 2.86. The average molecular weight is 371 g/mol. The molecule has 0 bridgehead atoms. The normalized spacial score (nSPS) is 11.0. The number of nitrogens with zero attached hydrogens (tertiary/aromatic N) is 2. The summed E-state index contributed by atoms with van der Waals surface area (Å²) in [6.07, 6.45) is 5.13. The highest BCUT2D eigenvalue weighted by molar-refractivity contribution is 6.32. The number of hydrogen-bond acceptors (Lipinski definition) is 5. The summed E-state index contributed by atoms with van der Waals surface area (Å²) in [6.45, 7) is 0. The summed E-state index contributed by atoms with van der Waals surface area (Å²) in [5.41, 5.74) is 1.21. The number of pyridine rings is 1. The van der Waals surface area contributed by atoms with Gasteiger partial charge in [-0.2, -0.15) is 0 Å². The smallest absolute Gasteiger partial charge is 0.270 e. The first-order valence-electron chi connectivity index (χ1n) is 7.67. The second-order valence-electron chi connectivity index (χ2n) is 5.39. The molecule has 7 heteroatoms. The van der Waals surface area contributed by atoms with Gasteiger partial charge in [0.25, 0.3) is 5.69 Å². The van der Waals surface area contributed by atoms with Crippen molar-refractivity contribution in [1.82, 2.24) is 4.98 Å². The molecule has 0 spiro atoms. The van der Waals surface area contributed by atoms with Crippen LogP contribution in [0.25, 0.3) is 22.9 Å². The Kier molecular flexibility index (Phi) is 5.04. The highest BCUT2D eigenvalue weighted by Gasteiger charge is 2.11. The molecule has 0 aliphatic carbocycles. The first-order valence-corrected chi connectivity index (χ1v) is 8.04. The van der Waals surface area contributed by atoms with E-state index in [1.54, 1.807) is 38.6 Å². The minimum Gasteiger partial charge on any atom is -0.493 e. The topological polar surface area (TPSA) is 74.5 Å². The number of methoxy groups -OCH3 is 2. The van der Waals surface area contributed by atoms with Crippen molar-refractivity contribution in [2.45, 2.75) is 0 Å². The van der Waals surface area contributed by atoms with Crippen LogP contribution in [0, 0.1) is 10.1 Å². The second kappa shape index (κ2) is 7.41. The first kappa shape index (κ1) is 17.7. The van der Waals surface area contributed by atoms with E-state index in [2.05, 4.69) is 4.98 Å². The maximum absolute atomic E-state index is 10.9. The number of aromatic nitrogens is 1.